The molecule has 0 aromatic carbocycles. The highest BCUT2D eigenvalue weighted by Gasteiger charge is 2.31. The molecule has 2 fully saturated rings. The smallest absolute Gasteiger partial charge is 0.115 e. The molecule has 0 aliphatic carbocycles. The fraction of sp³-hybridized carbons (Fsp3) is 1.00. The molecule has 2 saturated heterocycles. The van der Waals surface area contributed by atoms with Crippen LogP contribution in [0.3, 0.4) is 0 Å². The van der Waals surface area contributed by atoms with E-state index >= 15 is 0 Å². The van der Waals surface area contributed by atoms with Crippen molar-refractivity contribution in [3.05, 3.63) is 0 Å². The summed E-state index contributed by atoms with van der Waals surface area (Å²) in [7, 11) is 2.17. The van der Waals surface area contributed by atoms with Crippen molar-refractivity contribution in [3.63, 3.8) is 0 Å². The predicted molar refractivity (Wildman–Crippen MR) is 60.8 cm³/mol. The zero-order valence-corrected chi connectivity index (χ0v) is 9.95. The molecule has 2 aliphatic rings. The van der Waals surface area contributed by atoms with E-state index < -0.39 is 6.17 Å². The monoisotopic (exact) mass is 214 g/mol. The third-order valence-corrected chi connectivity index (χ3v) is 4.01. The molecule has 15 heavy (non-hydrogen) atoms. The lowest BCUT2D eigenvalue weighted by Crippen LogP contribution is -2.52. The van der Waals surface area contributed by atoms with E-state index in [0.717, 1.165) is 19.5 Å². The summed E-state index contributed by atoms with van der Waals surface area (Å²) in [5.41, 5.74) is 0. The van der Waals surface area contributed by atoms with Crippen molar-refractivity contribution in [2.45, 2.75) is 38.4 Å². The molecular formula is C12H23FN2. The molecule has 0 radical (unpaired) electrons. The first kappa shape index (κ1) is 11.3. The maximum Gasteiger partial charge on any atom is 0.115 e. The van der Waals surface area contributed by atoms with Crippen LogP contribution < -0.4 is 0 Å². The Bertz CT molecular complexity index is 210. The summed E-state index contributed by atoms with van der Waals surface area (Å²) in [6.45, 7) is 6.13. The van der Waals surface area contributed by atoms with Gasteiger partial charge in [-0.25, -0.2) is 4.39 Å². The SMILES string of the molecule is C[C@@H]1CCN(C2CCCN(C)C2)C[C@@H]1F. The number of hydrogen-bond donors (Lipinski definition) is 0. The maximum atomic E-state index is 13.6. The van der Waals surface area contributed by atoms with Crippen molar-refractivity contribution in [2.24, 2.45) is 5.92 Å². The zero-order valence-electron chi connectivity index (χ0n) is 9.95. The zero-order chi connectivity index (χ0) is 10.8. The van der Waals surface area contributed by atoms with Gasteiger partial charge in [-0.3, -0.25) is 4.90 Å². The van der Waals surface area contributed by atoms with Crippen LogP contribution in [-0.2, 0) is 0 Å². The molecule has 0 aromatic heterocycles. The summed E-state index contributed by atoms with van der Waals surface area (Å²) >= 11 is 0. The number of likely N-dealkylation sites (N-methyl/N-ethyl adjacent to an activating group) is 1. The summed E-state index contributed by atoms with van der Waals surface area (Å²) < 4.78 is 13.6. The fourth-order valence-corrected chi connectivity index (χ4v) is 2.81. The van der Waals surface area contributed by atoms with Crippen molar-refractivity contribution in [3.8, 4) is 0 Å². The molecule has 0 aromatic rings. The van der Waals surface area contributed by atoms with E-state index in [1.54, 1.807) is 0 Å². The second kappa shape index (κ2) is 4.79. The number of alkyl halides is 1. The van der Waals surface area contributed by atoms with Gasteiger partial charge < -0.3 is 4.90 Å². The van der Waals surface area contributed by atoms with E-state index in [1.165, 1.54) is 19.4 Å². The number of halogens is 1. The first-order valence-electron chi connectivity index (χ1n) is 6.23. The van der Waals surface area contributed by atoms with E-state index in [2.05, 4.69) is 16.8 Å². The molecule has 0 saturated carbocycles. The molecule has 88 valence electrons. The highest BCUT2D eigenvalue weighted by Crippen LogP contribution is 2.24. The fourth-order valence-electron chi connectivity index (χ4n) is 2.81. The van der Waals surface area contributed by atoms with Crippen LogP contribution in [-0.4, -0.2) is 55.2 Å². The summed E-state index contributed by atoms with van der Waals surface area (Å²) in [6, 6.07) is 0.606. The van der Waals surface area contributed by atoms with Gasteiger partial charge in [0.1, 0.15) is 6.17 Å². The molecule has 2 rings (SSSR count). The number of nitrogens with zero attached hydrogens (tertiary/aromatic N) is 2. The number of piperidine rings is 2. The third kappa shape index (κ3) is 2.70. The molecule has 0 bridgehead atoms. The van der Waals surface area contributed by atoms with Gasteiger partial charge in [0.25, 0.3) is 0 Å². The number of rotatable bonds is 1. The quantitative estimate of drug-likeness (QED) is 0.656. The molecule has 3 heteroatoms. The maximum absolute atomic E-state index is 13.6. The summed E-state index contributed by atoms with van der Waals surface area (Å²) in [5.74, 6) is 0.266. The van der Waals surface area contributed by atoms with Crippen LogP contribution in [0, 0.1) is 5.92 Å². The Morgan fingerprint density at radius 3 is 2.60 bits per heavy atom. The van der Waals surface area contributed by atoms with Crippen LogP contribution in [0.4, 0.5) is 4.39 Å². The van der Waals surface area contributed by atoms with Gasteiger partial charge >= 0.3 is 0 Å². The highest BCUT2D eigenvalue weighted by molar-refractivity contribution is 4.85. The lowest BCUT2D eigenvalue weighted by atomic mass is 9.94. The average molecular weight is 214 g/mol. The Morgan fingerprint density at radius 1 is 1.13 bits per heavy atom. The lowest BCUT2D eigenvalue weighted by molar-refractivity contribution is 0.0352. The van der Waals surface area contributed by atoms with Gasteiger partial charge in [0, 0.05) is 19.1 Å². The average Bonchev–Trinajstić information content (AvgIpc) is 2.22. The minimum atomic E-state index is -0.606. The summed E-state index contributed by atoms with van der Waals surface area (Å²) in [4.78, 5) is 4.75. The minimum absolute atomic E-state index is 0.266. The molecule has 2 nitrogen and oxygen atoms in total. The third-order valence-electron chi connectivity index (χ3n) is 4.01. The van der Waals surface area contributed by atoms with Crippen molar-refractivity contribution in [1.82, 2.24) is 9.80 Å². The van der Waals surface area contributed by atoms with Gasteiger partial charge in [-0.05, 0) is 45.3 Å². The largest absolute Gasteiger partial charge is 0.305 e. The van der Waals surface area contributed by atoms with Gasteiger partial charge in [-0.2, -0.15) is 0 Å². The Balaban J connectivity index is 1.87. The van der Waals surface area contributed by atoms with Crippen LogP contribution in [0.2, 0.25) is 0 Å². The van der Waals surface area contributed by atoms with E-state index in [1.807, 2.05) is 6.92 Å². The number of likely N-dealkylation sites (tertiary alicyclic amines) is 2. The standard InChI is InChI=1S/C12H23FN2/c1-10-5-7-15(9-12(10)13)11-4-3-6-14(2)8-11/h10-12H,3-9H2,1-2H3/t10-,11?,12+/m1/s1. The second-order valence-corrected chi connectivity index (χ2v) is 5.34. The van der Waals surface area contributed by atoms with Gasteiger partial charge in [0.15, 0.2) is 0 Å². The summed E-state index contributed by atoms with van der Waals surface area (Å²) in [6.07, 6.45) is 2.95. The lowest BCUT2D eigenvalue weighted by Gasteiger charge is -2.42. The van der Waals surface area contributed by atoms with Gasteiger partial charge in [-0.15, -0.1) is 0 Å². The predicted octanol–water partition coefficient (Wildman–Crippen LogP) is 1.76. The van der Waals surface area contributed by atoms with Crippen LogP contribution >= 0.6 is 0 Å². The Labute approximate surface area is 92.4 Å². The highest BCUT2D eigenvalue weighted by atomic mass is 19.1. The van der Waals surface area contributed by atoms with Crippen LogP contribution in [0.15, 0.2) is 0 Å². The van der Waals surface area contributed by atoms with Crippen molar-refractivity contribution >= 4 is 0 Å². The van der Waals surface area contributed by atoms with E-state index in [-0.39, 0.29) is 5.92 Å². The molecule has 0 N–H and O–H groups in total. The molecule has 3 atom stereocenters. The van der Waals surface area contributed by atoms with Gasteiger partial charge in [0.05, 0.1) is 0 Å². The molecule has 1 unspecified atom stereocenters. The Hall–Kier alpha value is -0.150. The van der Waals surface area contributed by atoms with Crippen molar-refractivity contribution < 1.29 is 4.39 Å². The topological polar surface area (TPSA) is 6.48 Å². The van der Waals surface area contributed by atoms with Crippen LogP contribution in [0.25, 0.3) is 0 Å². The Morgan fingerprint density at radius 2 is 1.93 bits per heavy atom. The minimum Gasteiger partial charge on any atom is -0.305 e. The molecule has 2 heterocycles. The number of hydrogen-bond acceptors (Lipinski definition) is 2. The van der Waals surface area contributed by atoms with E-state index in [9.17, 15) is 4.39 Å². The van der Waals surface area contributed by atoms with Crippen LogP contribution in [0.5, 0.6) is 0 Å². The normalized spacial score (nSPS) is 40.6. The van der Waals surface area contributed by atoms with E-state index in [0.29, 0.717) is 12.6 Å². The molecule has 0 spiro atoms. The molecular weight excluding hydrogens is 191 g/mol. The molecule has 2 aliphatic heterocycles. The first-order valence-corrected chi connectivity index (χ1v) is 6.23. The molecule has 0 amide bonds. The van der Waals surface area contributed by atoms with Gasteiger partial charge in [-0.1, -0.05) is 6.92 Å². The summed E-state index contributed by atoms with van der Waals surface area (Å²) in [5, 5.41) is 0. The first-order chi connectivity index (χ1) is 7.16. The van der Waals surface area contributed by atoms with E-state index in [4.69, 9.17) is 0 Å². The second-order valence-electron chi connectivity index (χ2n) is 5.34. The Kier molecular flexibility index (Phi) is 3.62. The van der Waals surface area contributed by atoms with Crippen molar-refractivity contribution in [1.29, 1.82) is 0 Å². The van der Waals surface area contributed by atoms with Gasteiger partial charge in [0.2, 0.25) is 0 Å². The van der Waals surface area contributed by atoms with Crippen molar-refractivity contribution in [2.75, 3.05) is 33.2 Å². The van der Waals surface area contributed by atoms with Crippen LogP contribution in [0.1, 0.15) is 26.2 Å².